The Morgan fingerprint density at radius 3 is 1.96 bits per heavy atom. The molecule has 0 saturated carbocycles. The van der Waals surface area contributed by atoms with E-state index in [2.05, 4.69) is 158 Å². The van der Waals surface area contributed by atoms with Gasteiger partial charge in [0.1, 0.15) is 22.3 Å². The Hall–Kier alpha value is -7.08. The van der Waals surface area contributed by atoms with Crippen molar-refractivity contribution in [1.29, 1.82) is 0 Å². The number of para-hydroxylation sites is 1. The maximum Gasteiger partial charge on any atom is 0.164 e. The molecule has 12 aromatic rings. The van der Waals surface area contributed by atoms with E-state index in [4.69, 9.17) is 18.8 Å². The van der Waals surface area contributed by atoms with E-state index in [9.17, 15) is 0 Å². The highest BCUT2D eigenvalue weighted by Gasteiger charge is 2.23. The van der Waals surface area contributed by atoms with Crippen molar-refractivity contribution in [2.24, 2.45) is 0 Å². The van der Waals surface area contributed by atoms with Crippen LogP contribution in [0.3, 0.4) is 0 Å². The zero-order chi connectivity index (χ0) is 36.0. The Morgan fingerprint density at radius 1 is 0.418 bits per heavy atom. The van der Waals surface area contributed by atoms with E-state index in [0.717, 1.165) is 92.8 Å². The van der Waals surface area contributed by atoms with Crippen LogP contribution >= 0.6 is 11.3 Å². The van der Waals surface area contributed by atoms with Gasteiger partial charge in [-0.3, -0.25) is 0 Å². The lowest BCUT2D eigenvalue weighted by atomic mass is 9.94. The zero-order valence-corrected chi connectivity index (χ0v) is 30.1. The molecule has 4 heterocycles. The first-order valence-corrected chi connectivity index (χ1v) is 19.2. The van der Waals surface area contributed by atoms with E-state index in [-0.39, 0.29) is 0 Å². The highest BCUT2D eigenvalue weighted by Crippen LogP contribution is 2.45. The summed E-state index contributed by atoms with van der Waals surface area (Å²) in [6.07, 6.45) is 0. The van der Waals surface area contributed by atoms with Gasteiger partial charge in [0, 0.05) is 37.2 Å². The Labute approximate surface area is 318 Å². The molecule has 0 aliphatic heterocycles. The van der Waals surface area contributed by atoms with Crippen LogP contribution in [-0.4, -0.2) is 9.97 Å². The van der Waals surface area contributed by atoms with Crippen molar-refractivity contribution in [2.75, 3.05) is 0 Å². The molecule has 0 radical (unpaired) electrons. The lowest BCUT2D eigenvalue weighted by molar-refractivity contribution is 0.669. The summed E-state index contributed by atoms with van der Waals surface area (Å²) in [4.78, 5) is 10.8. The van der Waals surface area contributed by atoms with Gasteiger partial charge in [0.2, 0.25) is 0 Å². The van der Waals surface area contributed by atoms with Crippen LogP contribution in [0.2, 0.25) is 0 Å². The predicted molar refractivity (Wildman–Crippen MR) is 229 cm³/mol. The van der Waals surface area contributed by atoms with Crippen LogP contribution in [-0.2, 0) is 0 Å². The molecular weight excluding hydrogens is 693 g/mol. The highest BCUT2D eigenvalue weighted by molar-refractivity contribution is 7.26. The fourth-order valence-corrected chi connectivity index (χ4v) is 9.39. The van der Waals surface area contributed by atoms with Crippen LogP contribution in [0.5, 0.6) is 0 Å². The quantitative estimate of drug-likeness (QED) is 0.182. The number of fused-ring (bicyclic) bond motifs is 10. The minimum Gasteiger partial charge on any atom is -0.456 e. The average Bonchev–Trinajstić information content (AvgIpc) is 3.94. The summed E-state index contributed by atoms with van der Waals surface area (Å²) in [6.45, 7) is 0. The molecule has 0 amide bonds. The molecule has 256 valence electrons. The van der Waals surface area contributed by atoms with E-state index in [1.807, 2.05) is 12.1 Å². The van der Waals surface area contributed by atoms with Crippen molar-refractivity contribution in [3.05, 3.63) is 170 Å². The van der Waals surface area contributed by atoms with E-state index >= 15 is 0 Å². The molecule has 0 aliphatic rings. The first kappa shape index (κ1) is 30.4. The second-order valence-electron chi connectivity index (χ2n) is 14.1. The van der Waals surface area contributed by atoms with Crippen molar-refractivity contribution in [1.82, 2.24) is 9.97 Å². The number of thiophene rings is 1. The molecule has 4 nitrogen and oxygen atoms in total. The number of aromatic nitrogens is 2. The second-order valence-corrected chi connectivity index (χ2v) is 15.1. The summed E-state index contributed by atoms with van der Waals surface area (Å²) in [5, 5.41) is 7.69. The Bertz CT molecular complexity index is 3480. The highest BCUT2D eigenvalue weighted by atomic mass is 32.1. The van der Waals surface area contributed by atoms with Crippen molar-refractivity contribution in [3.8, 4) is 44.9 Å². The lowest BCUT2D eigenvalue weighted by Crippen LogP contribution is -1.94. The van der Waals surface area contributed by atoms with E-state index in [1.54, 1.807) is 11.3 Å². The summed E-state index contributed by atoms with van der Waals surface area (Å²) < 4.78 is 15.4. The normalized spacial score (nSPS) is 12.0. The molecule has 0 saturated heterocycles. The summed E-state index contributed by atoms with van der Waals surface area (Å²) in [5.41, 5.74) is 11.6. The maximum absolute atomic E-state index is 6.93. The minimum atomic E-state index is 0.628. The number of benzene rings is 8. The first-order chi connectivity index (χ1) is 27.2. The van der Waals surface area contributed by atoms with Gasteiger partial charge in [-0.1, -0.05) is 121 Å². The molecule has 0 unspecified atom stereocenters. The van der Waals surface area contributed by atoms with Gasteiger partial charge in [-0.2, -0.15) is 0 Å². The third-order valence-corrected chi connectivity index (χ3v) is 12.1. The number of hydrogen-bond acceptors (Lipinski definition) is 5. The van der Waals surface area contributed by atoms with Gasteiger partial charge < -0.3 is 8.83 Å². The molecule has 0 atom stereocenters. The topological polar surface area (TPSA) is 52.1 Å². The van der Waals surface area contributed by atoms with Crippen molar-refractivity contribution < 1.29 is 8.83 Å². The molecule has 0 spiro atoms. The summed E-state index contributed by atoms with van der Waals surface area (Å²) >= 11 is 1.73. The van der Waals surface area contributed by atoms with Gasteiger partial charge in [-0.25, -0.2) is 9.97 Å². The largest absolute Gasteiger partial charge is 0.456 e. The van der Waals surface area contributed by atoms with Gasteiger partial charge >= 0.3 is 0 Å². The second kappa shape index (κ2) is 11.7. The van der Waals surface area contributed by atoms with E-state index in [1.165, 1.54) is 21.2 Å². The lowest BCUT2D eigenvalue weighted by Gasteiger charge is -2.11. The maximum atomic E-state index is 6.93. The van der Waals surface area contributed by atoms with Crippen LogP contribution < -0.4 is 0 Å². The van der Waals surface area contributed by atoms with Crippen LogP contribution in [0.15, 0.2) is 179 Å². The number of rotatable bonds is 4. The fraction of sp³-hybridized carbons (Fsp3) is 0. The van der Waals surface area contributed by atoms with Crippen molar-refractivity contribution >= 4 is 86.3 Å². The fourth-order valence-electron chi connectivity index (χ4n) is 8.24. The van der Waals surface area contributed by atoms with Crippen LogP contribution in [0.1, 0.15) is 0 Å². The van der Waals surface area contributed by atoms with Crippen LogP contribution in [0.25, 0.3) is 120 Å². The molecule has 8 aromatic carbocycles. The van der Waals surface area contributed by atoms with Gasteiger partial charge in [-0.05, 0) is 81.6 Å². The average molecular weight is 721 g/mol. The molecule has 55 heavy (non-hydrogen) atoms. The minimum absolute atomic E-state index is 0.628. The Balaban J connectivity index is 1.13. The van der Waals surface area contributed by atoms with Gasteiger partial charge in [0.15, 0.2) is 5.82 Å². The zero-order valence-electron chi connectivity index (χ0n) is 29.3. The molecular formula is C50H28N2O2S. The smallest absolute Gasteiger partial charge is 0.164 e. The number of furan rings is 2. The summed E-state index contributed by atoms with van der Waals surface area (Å²) in [6, 6.07) is 59.6. The Morgan fingerprint density at radius 2 is 1.09 bits per heavy atom. The number of hydrogen-bond donors (Lipinski definition) is 0. The molecule has 5 heteroatoms. The van der Waals surface area contributed by atoms with Crippen LogP contribution in [0.4, 0.5) is 0 Å². The van der Waals surface area contributed by atoms with Gasteiger partial charge in [0.25, 0.3) is 0 Å². The first-order valence-electron chi connectivity index (χ1n) is 18.4. The van der Waals surface area contributed by atoms with E-state index < -0.39 is 0 Å². The summed E-state index contributed by atoms with van der Waals surface area (Å²) in [5.74, 6) is 0.628. The molecule has 0 N–H and O–H groups in total. The van der Waals surface area contributed by atoms with Crippen molar-refractivity contribution in [2.45, 2.75) is 0 Å². The predicted octanol–water partition coefficient (Wildman–Crippen LogP) is 14.5. The Kier molecular flexibility index (Phi) is 6.47. The molecule has 12 rings (SSSR count). The third kappa shape index (κ3) is 4.70. The molecule has 0 aliphatic carbocycles. The molecule has 0 fully saturated rings. The van der Waals surface area contributed by atoms with Gasteiger partial charge in [0.05, 0.1) is 21.5 Å². The van der Waals surface area contributed by atoms with Crippen LogP contribution in [0, 0.1) is 0 Å². The number of nitrogens with zero attached hydrogens (tertiary/aromatic N) is 2. The van der Waals surface area contributed by atoms with E-state index in [0.29, 0.717) is 5.82 Å². The molecule has 0 bridgehead atoms. The standard InChI is InChI=1S/C50H28N2O2S/c1-2-10-29(11-3-1)30-18-20-31(21-19-30)35-23-24-38(48-45(35)40-26-32-12-4-5-13-33(32)28-43(40)54-48)50-51-46(49-47(52-50)37-15-7-9-17-44(37)55-49)34-22-25-42-39(27-34)36-14-6-8-16-41(36)53-42/h1-28H. The van der Waals surface area contributed by atoms with Crippen molar-refractivity contribution in [3.63, 3.8) is 0 Å². The summed E-state index contributed by atoms with van der Waals surface area (Å²) in [7, 11) is 0. The SMILES string of the molecule is c1ccc(-c2ccc(-c3ccc(-c4nc(-c5ccc6oc7ccccc7c6c5)c5sc6ccccc6c5n4)c4oc5cc6ccccc6cc5c34)cc2)cc1. The molecule has 4 aromatic heterocycles. The monoisotopic (exact) mass is 720 g/mol. The third-order valence-electron chi connectivity index (χ3n) is 10.9. The van der Waals surface area contributed by atoms with Gasteiger partial charge in [-0.15, -0.1) is 11.3 Å².